The SMILES string of the molecule is O=C1CCC(N(CCc2ccccc2)C(=O)O)CC1. The summed E-state index contributed by atoms with van der Waals surface area (Å²) in [5.74, 6) is 0.254. The van der Waals surface area contributed by atoms with Crippen LogP contribution in [0.3, 0.4) is 0 Å². The smallest absolute Gasteiger partial charge is 0.407 e. The van der Waals surface area contributed by atoms with Crippen molar-refractivity contribution in [1.82, 2.24) is 4.90 Å². The van der Waals surface area contributed by atoms with Crippen molar-refractivity contribution >= 4 is 11.9 Å². The van der Waals surface area contributed by atoms with Crippen LogP contribution in [-0.4, -0.2) is 34.5 Å². The first kappa shape index (κ1) is 13.6. The first-order valence-electron chi connectivity index (χ1n) is 6.72. The van der Waals surface area contributed by atoms with E-state index >= 15 is 0 Å². The molecule has 19 heavy (non-hydrogen) atoms. The van der Waals surface area contributed by atoms with Crippen molar-refractivity contribution in [3.05, 3.63) is 35.9 Å². The Hall–Kier alpha value is -1.84. The van der Waals surface area contributed by atoms with Gasteiger partial charge in [0.25, 0.3) is 0 Å². The number of hydrogen-bond donors (Lipinski definition) is 1. The first-order chi connectivity index (χ1) is 9.16. The van der Waals surface area contributed by atoms with Gasteiger partial charge in [0.2, 0.25) is 0 Å². The third-order valence-corrected chi connectivity index (χ3v) is 3.68. The van der Waals surface area contributed by atoms with Gasteiger partial charge in [-0.3, -0.25) is 4.79 Å². The zero-order chi connectivity index (χ0) is 13.7. The maximum absolute atomic E-state index is 11.3. The summed E-state index contributed by atoms with van der Waals surface area (Å²) in [6, 6.07) is 9.87. The Morgan fingerprint density at radius 3 is 2.42 bits per heavy atom. The summed E-state index contributed by atoms with van der Waals surface area (Å²) in [5.41, 5.74) is 1.14. The molecule has 4 nitrogen and oxygen atoms in total. The van der Waals surface area contributed by atoms with Crippen LogP contribution in [0.5, 0.6) is 0 Å². The number of nitrogens with zero attached hydrogens (tertiary/aromatic N) is 1. The number of amides is 1. The van der Waals surface area contributed by atoms with E-state index in [1.54, 1.807) is 0 Å². The molecule has 0 bridgehead atoms. The normalized spacial score (nSPS) is 16.3. The van der Waals surface area contributed by atoms with E-state index in [9.17, 15) is 14.7 Å². The standard InChI is InChI=1S/C15H19NO3/c17-14-8-6-13(7-9-14)16(15(18)19)11-10-12-4-2-1-3-5-12/h1-5,13H,6-11H2,(H,18,19). The molecule has 1 aliphatic rings. The van der Waals surface area contributed by atoms with Gasteiger partial charge in [-0.1, -0.05) is 30.3 Å². The van der Waals surface area contributed by atoms with Crippen LogP contribution >= 0.6 is 0 Å². The van der Waals surface area contributed by atoms with Crippen LogP contribution in [0.1, 0.15) is 31.2 Å². The van der Waals surface area contributed by atoms with Crippen molar-refractivity contribution < 1.29 is 14.7 Å². The van der Waals surface area contributed by atoms with Gasteiger partial charge in [0, 0.05) is 25.4 Å². The monoisotopic (exact) mass is 261 g/mol. The molecule has 0 aromatic heterocycles. The molecule has 0 aliphatic heterocycles. The Kier molecular flexibility index (Phi) is 4.55. The van der Waals surface area contributed by atoms with E-state index in [1.165, 1.54) is 4.90 Å². The van der Waals surface area contributed by atoms with E-state index in [2.05, 4.69) is 0 Å². The molecule has 0 unspecified atom stereocenters. The van der Waals surface area contributed by atoms with Crippen LogP contribution in [0, 0.1) is 0 Å². The number of carbonyl (C=O) groups is 2. The average molecular weight is 261 g/mol. The summed E-state index contributed by atoms with van der Waals surface area (Å²) < 4.78 is 0. The number of ketones is 1. The zero-order valence-electron chi connectivity index (χ0n) is 10.9. The quantitative estimate of drug-likeness (QED) is 0.906. The lowest BCUT2D eigenvalue weighted by atomic mass is 9.93. The van der Waals surface area contributed by atoms with E-state index in [0.29, 0.717) is 32.2 Å². The van der Waals surface area contributed by atoms with Crippen LogP contribution in [0.15, 0.2) is 30.3 Å². The van der Waals surface area contributed by atoms with Gasteiger partial charge in [0.05, 0.1) is 0 Å². The maximum atomic E-state index is 11.3. The molecule has 0 spiro atoms. The molecule has 1 aromatic rings. The zero-order valence-corrected chi connectivity index (χ0v) is 10.9. The Morgan fingerprint density at radius 1 is 1.21 bits per heavy atom. The lowest BCUT2D eigenvalue weighted by molar-refractivity contribution is -0.121. The van der Waals surface area contributed by atoms with Gasteiger partial charge >= 0.3 is 6.09 Å². The second-order valence-corrected chi connectivity index (χ2v) is 4.98. The highest BCUT2D eigenvalue weighted by Gasteiger charge is 2.27. The number of Topliss-reactive ketones (excluding diaryl/α,β-unsaturated/α-hetero) is 1. The number of carboxylic acid groups (broad SMARTS) is 1. The highest BCUT2D eigenvalue weighted by atomic mass is 16.4. The number of carbonyl (C=O) groups excluding carboxylic acids is 1. The lowest BCUT2D eigenvalue weighted by Gasteiger charge is -2.31. The number of hydrogen-bond acceptors (Lipinski definition) is 2. The molecular weight excluding hydrogens is 242 g/mol. The molecule has 4 heteroatoms. The Labute approximate surface area is 113 Å². The van der Waals surface area contributed by atoms with E-state index in [-0.39, 0.29) is 11.8 Å². The topological polar surface area (TPSA) is 57.6 Å². The van der Waals surface area contributed by atoms with Crippen LogP contribution in [0.2, 0.25) is 0 Å². The molecule has 0 atom stereocenters. The first-order valence-corrected chi connectivity index (χ1v) is 6.72. The minimum absolute atomic E-state index is 0.00101. The van der Waals surface area contributed by atoms with Gasteiger partial charge in [-0.05, 0) is 24.8 Å². The minimum atomic E-state index is -0.879. The molecule has 1 aliphatic carbocycles. The van der Waals surface area contributed by atoms with E-state index in [4.69, 9.17) is 0 Å². The number of benzene rings is 1. The molecule has 0 saturated heterocycles. The fraction of sp³-hybridized carbons (Fsp3) is 0.467. The molecule has 1 amide bonds. The van der Waals surface area contributed by atoms with Crippen molar-refractivity contribution in [3.8, 4) is 0 Å². The van der Waals surface area contributed by atoms with Crippen molar-refractivity contribution in [3.63, 3.8) is 0 Å². The molecular formula is C15H19NO3. The molecule has 1 saturated carbocycles. The molecule has 0 heterocycles. The largest absolute Gasteiger partial charge is 0.465 e. The summed E-state index contributed by atoms with van der Waals surface area (Å²) in [6.45, 7) is 0.498. The van der Waals surface area contributed by atoms with Gasteiger partial charge in [-0.15, -0.1) is 0 Å². The Bertz CT molecular complexity index is 434. The second-order valence-electron chi connectivity index (χ2n) is 4.98. The minimum Gasteiger partial charge on any atom is -0.465 e. The highest BCUT2D eigenvalue weighted by molar-refractivity contribution is 5.79. The lowest BCUT2D eigenvalue weighted by Crippen LogP contribution is -2.42. The highest BCUT2D eigenvalue weighted by Crippen LogP contribution is 2.21. The van der Waals surface area contributed by atoms with Gasteiger partial charge in [-0.2, -0.15) is 0 Å². The molecule has 1 N–H and O–H groups in total. The van der Waals surface area contributed by atoms with Crippen molar-refractivity contribution in [2.75, 3.05) is 6.54 Å². The summed E-state index contributed by atoms with van der Waals surface area (Å²) in [6.07, 6.45) is 2.20. The molecule has 0 radical (unpaired) electrons. The van der Waals surface area contributed by atoms with Gasteiger partial charge in [0.15, 0.2) is 0 Å². The van der Waals surface area contributed by atoms with Gasteiger partial charge < -0.3 is 10.0 Å². The molecule has 2 rings (SSSR count). The third-order valence-electron chi connectivity index (χ3n) is 3.68. The molecule has 102 valence electrons. The fourth-order valence-electron chi connectivity index (χ4n) is 2.56. The average Bonchev–Trinajstić information content (AvgIpc) is 2.42. The second kappa shape index (κ2) is 6.36. The Morgan fingerprint density at radius 2 is 1.84 bits per heavy atom. The van der Waals surface area contributed by atoms with E-state index in [1.807, 2.05) is 30.3 Å². The number of rotatable bonds is 4. The maximum Gasteiger partial charge on any atom is 0.407 e. The summed E-state index contributed by atoms with van der Waals surface area (Å²) in [5, 5.41) is 9.31. The van der Waals surface area contributed by atoms with Gasteiger partial charge in [0.1, 0.15) is 5.78 Å². The van der Waals surface area contributed by atoms with Crippen LogP contribution in [0.25, 0.3) is 0 Å². The third kappa shape index (κ3) is 3.81. The van der Waals surface area contributed by atoms with Crippen LogP contribution in [0.4, 0.5) is 4.79 Å². The van der Waals surface area contributed by atoms with Crippen molar-refractivity contribution in [1.29, 1.82) is 0 Å². The fourth-order valence-corrected chi connectivity index (χ4v) is 2.56. The molecule has 1 fully saturated rings. The summed E-state index contributed by atoms with van der Waals surface area (Å²) in [7, 11) is 0. The van der Waals surface area contributed by atoms with Crippen molar-refractivity contribution in [2.24, 2.45) is 0 Å². The van der Waals surface area contributed by atoms with Gasteiger partial charge in [-0.25, -0.2) is 4.79 Å². The van der Waals surface area contributed by atoms with Crippen molar-refractivity contribution in [2.45, 2.75) is 38.1 Å². The summed E-state index contributed by atoms with van der Waals surface area (Å²) >= 11 is 0. The Balaban J connectivity index is 1.93. The summed E-state index contributed by atoms with van der Waals surface area (Å²) in [4.78, 5) is 24.1. The van der Waals surface area contributed by atoms with Crippen LogP contribution < -0.4 is 0 Å². The van der Waals surface area contributed by atoms with E-state index < -0.39 is 6.09 Å². The molecule has 1 aromatic carbocycles. The van der Waals surface area contributed by atoms with Crippen LogP contribution in [-0.2, 0) is 11.2 Å². The predicted octanol–water partition coefficient (Wildman–Crippen LogP) is 2.72. The van der Waals surface area contributed by atoms with E-state index in [0.717, 1.165) is 12.0 Å². The predicted molar refractivity (Wildman–Crippen MR) is 72.1 cm³/mol.